The number of hydrogen-bond acceptors (Lipinski definition) is 3. The Kier molecular flexibility index (Phi) is 15.1. The van der Waals surface area contributed by atoms with Gasteiger partial charge < -0.3 is 9.99 Å². The van der Waals surface area contributed by atoms with Crippen LogP contribution in [0.15, 0.2) is 24.0 Å². The van der Waals surface area contributed by atoms with Gasteiger partial charge in [-0.1, -0.05) is 44.8 Å². The van der Waals surface area contributed by atoms with Crippen LogP contribution in [0.4, 0.5) is 0 Å². The van der Waals surface area contributed by atoms with Gasteiger partial charge in [0.25, 0.3) is 0 Å². The van der Waals surface area contributed by atoms with Gasteiger partial charge in [-0.15, -0.1) is 0 Å². The van der Waals surface area contributed by atoms with Crippen molar-refractivity contribution < 1.29 is 20.0 Å². The molecule has 0 fully saturated rings. The lowest BCUT2D eigenvalue weighted by atomic mass is 10.1. The predicted molar refractivity (Wildman–Crippen MR) is 89.7 cm³/mol. The molecule has 0 aromatic rings. The molecule has 0 spiro atoms. The summed E-state index contributed by atoms with van der Waals surface area (Å²) < 4.78 is 0. The summed E-state index contributed by atoms with van der Waals surface area (Å²) >= 11 is 0. The highest BCUT2D eigenvalue weighted by atomic mass is 17.1. The first-order valence-corrected chi connectivity index (χ1v) is 8.58. The Morgan fingerprint density at radius 1 is 0.909 bits per heavy atom. The van der Waals surface area contributed by atoms with E-state index in [0.29, 0.717) is 12.2 Å². The minimum Gasteiger partial charge on any atom is -0.481 e. The molecule has 0 aromatic carbocycles. The molecular weight excluding hydrogens is 280 g/mol. The first-order chi connectivity index (χ1) is 10.7. The van der Waals surface area contributed by atoms with Crippen molar-refractivity contribution in [2.45, 2.75) is 84.0 Å². The highest BCUT2D eigenvalue weighted by Gasteiger charge is 1.97. The van der Waals surface area contributed by atoms with Crippen molar-refractivity contribution in [2.75, 3.05) is 0 Å². The summed E-state index contributed by atoms with van der Waals surface area (Å²) in [6.45, 7) is 2.14. The maximum absolute atomic E-state index is 10.3. The van der Waals surface area contributed by atoms with Crippen LogP contribution >= 0.6 is 0 Å². The maximum Gasteiger partial charge on any atom is 0.303 e. The van der Waals surface area contributed by atoms with E-state index >= 15 is 0 Å². The fourth-order valence-corrected chi connectivity index (χ4v) is 2.18. The molecule has 0 aliphatic carbocycles. The summed E-state index contributed by atoms with van der Waals surface area (Å²) in [6.07, 6.45) is 17.7. The van der Waals surface area contributed by atoms with Crippen LogP contribution in [0.3, 0.4) is 0 Å². The Bertz CT molecular complexity index is 321. The molecule has 128 valence electrons. The second kappa shape index (κ2) is 16.1. The average molecular weight is 312 g/mol. The summed E-state index contributed by atoms with van der Waals surface area (Å²) in [4.78, 5) is 14.7. The SMILES string of the molecule is CCCC/C=C(/CC/C=C\CCCCCCCC(=O)O)OO. The molecule has 0 rings (SSSR count). The smallest absolute Gasteiger partial charge is 0.303 e. The molecule has 4 nitrogen and oxygen atoms in total. The van der Waals surface area contributed by atoms with Gasteiger partial charge in [0.05, 0.1) is 0 Å². The summed E-state index contributed by atoms with van der Waals surface area (Å²) in [7, 11) is 0. The average Bonchev–Trinajstić information content (AvgIpc) is 2.50. The lowest BCUT2D eigenvalue weighted by Gasteiger charge is -2.01. The molecule has 0 amide bonds. The van der Waals surface area contributed by atoms with Crippen molar-refractivity contribution in [2.24, 2.45) is 0 Å². The first-order valence-electron chi connectivity index (χ1n) is 8.58. The van der Waals surface area contributed by atoms with Gasteiger partial charge in [-0.2, -0.15) is 0 Å². The van der Waals surface area contributed by atoms with Gasteiger partial charge in [-0.05, 0) is 44.6 Å². The summed E-state index contributed by atoms with van der Waals surface area (Å²) in [5, 5.41) is 17.3. The van der Waals surface area contributed by atoms with E-state index in [0.717, 1.165) is 70.6 Å². The highest BCUT2D eigenvalue weighted by Crippen LogP contribution is 2.11. The zero-order valence-corrected chi connectivity index (χ0v) is 13.9. The van der Waals surface area contributed by atoms with E-state index in [4.69, 9.17) is 10.4 Å². The molecule has 0 radical (unpaired) electrons. The topological polar surface area (TPSA) is 66.8 Å². The van der Waals surface area contributed by atoms with Crippen molar-refractivity contribution in [1.29, 1.82) is 0 Å². The highest BCUT2D eigenvalue weighted by molar-refractivity contribution is 5.66. The molecule has 0 atom stereocenters. The molecule has 0 aliphatic heterocycles. The lowest BCUT2D eigenvalue weighted by molar-refractivity contribution is -0.205. The maximum atomic E-state index is 10.3. The zero-order chi connectivity index (χ0) is 16.5. The van der Waals surface area contributed by atoms with Gasteiger partial charge in [0.2, 0.25) is 0 Å². The second-order valence-electron chi connectivity index (χ2n) is 5.61. The molecule has 0 bridgehead atoms. The molecule has 4 heteroatoms. The van der Waals surface area contributed by atoms with Crippen LogP contribution in [-0.2, 0) is 9.68 Å². The Morgan fingerprint density at radius 3 is 2.27 bits per heavy atom. The van der Waals surface area contributed by atoms with Crippen molar-refractivity contribution >= 4 is 5.97 Å². The fraction of sp³-hybridized carbons (Fsp3) is 0.722. The quantitative estimate of drug-likeness (QED) is 0.134. The van der Waals surface area contributed by atoms with Crippen molar-refractivity contribution in [1.82, 2.24) is 0 Å². The second-order valence-corrected chi connectivity index (χ2v) is 5.61. The van der Waals surface area contributed by atoms with Gasteiger partial charge in [0.1, 0.15) is 5.76 Å². The van der Waals surface area contributed by atoms with Crippen LogP contribution in [0.1, 0.15) is 84.0 Å². The zero-order valence-electron chi connectivity index (χ0n) is 13.9. The third kappa shape index (κ3) is 15.1. The lowest BCUT2D eigenvalue weighted by Crippen LogP contribution is -1.93. The third-order valence-corrected chi connectivity index (χ3v) is 3.53. The van der Waals surface area contributed by atoms with Crippen LogP contribution < -0.4 is 0 Å². The molecule has 0 saturated carbocycles. The predicted octanol–water partition coefficient (Wildman–Crippen LogP) is 5.70. The van der Waals surface area contributed by atoms with E-state index in [1.807, 2.05) is 6.08 Å². The molecule has 0 aromatic heterocycles. The number of hydrogen-bond donors (Lipinski definition) is 2. The summed E-state index contributed by atoms with van der Waals surface area (Å²) in [5.74, 6) is -0.0329. The van der Waals surface area contributed by atoms with Gasteiger partial charge in [-0.3, -0.25) is 4.79 Å². The van der Waals surface area contributed by atoms with Gasteiger partial charge in [0, 0.05) is 12.8 Å². The number of rotatable bonds is 15. The number of carboxylic acid groups (broad SMARTS) is 1. The van der Waals surface area contributed by atoms with E-state index in [9.17, 15) is 4.79 Å². The standard InChI is InChI=1S/C18H32O4/c1-2-3-11-14-17(22-21)15-12-9-7-5-4-6-8-10-13-16-18(19)20/h7,9,14,21H,2-6,8,10-13,15-16H2,1H3,(H,19,20)/b9-7-,17-14-. The van der Waals surface area contributed by atoms with Gasteiger partial charge in [0.15, 0.2) is 0 Å². The fourth-order valence-electron chi connectivity index (χ4n) is 2.18. The third-order valence-electron chi connectivity index (χ3n) is 3.53. The molecule has 0 aliphatic rings. The van der Waals surface area contributed by atoms with Gasteiger partial charge >= 0.3 is 5.97 Å². The Balaban J connectivity index is 3.46. The molecule has 0 unspecified atom stereocenters. The monoisotopic (exact) mass is 312 g/mol. The van der Waals surface area contributed by atoms with E-state index in [2.05, 4.69) is 24.0 Å². The Hall–Kier alpha value is -1.29. The van der Waals surface area contributed by atoms with Crippen LogP contribution in [-0.4, -0.2) is 16.3 Å². The number of allylic oxidation sites excluding steroid dienone is 4. The Labute approximate surface area is 134 Å². The molecular formula is C18H32O4. The largest absolute Gasteiger partial charge is 0.481 e. The van der Waals surface area contributed by atoms with E-state index in [1.165, 1.54) is 0 Å². The molecule has 2 N–H and O–H groups in total. The van der Waals surface area contributed by atoms with Crippen molar-refractivity contribution in [3.8, 4) is 0 Å². The van der Waals surface area contributed by atoms with Crippen LogP contribution in [0.5, 0.6) is 0 Å². The van der Waals surface area contributed by atoms with Crippen molar-refractivity contribution in [3.63, 3.8) is 0 Å². The minimum absolute atomic E-state index is 0.293. The number of unbranched alkanes of at least 4 members (excludes halogenated alkanes) is 7. The number of carbonyl (C=O) groups is 1. The molecule has 0 heterocycles. The minimum atomic E-state index is -0.696. The molecule has 22 heavy (non-hydrogen) atoms. The Morgan fingerprint density at radius 2 is 1.59 bits per heavy atom. The van der Waals surface area contributed by atoms with E-state index in [-0.39, 0.29) is 0 Å². The summed E-state index contributed by atoms with van der Waals surface area (Å²) in [5.41, 5.74) is 0. The van der Waals surface area contributed by atoms with E-state index in [1.54, 1.807) is 0 Å². The summed E-state index contributed by atoms with van der Waals surface area (Å²) in [6, 6.07) is 0. The van der Waals surface area contributed by atoms with Crippen LogP contribution in [0.25, 0.3) is 0 Å². The van der Waals surface area contributed by atoms with Crippen LogP contribution in [0, 0.1) is 0 Å². The first kappa shape index (κ1) is 20.7. The number of carboxylic acids is 1. The van der Waals surface area contributed by atoms with Crippen LogP contribution in [0.2, 0.25) is 0 Å². The van der Waals surface area contributed by atoms with Gasteiger partial charge in [-0.25, -0.2) is 5.26 Å². The normalized spacial score (nSPS) is 12.0. The molecule has 0 saturated heterocycles. The van der Waals surface area contributed by atoms with E-state index < -0.39 is 5.97 Å². The van der Waals surface area contributed by atoms with Crippen molar-refractivity contribution in [3.05, 3.63) is 24.0 Å². The number of aliphatic carboxylic acids is 1.